The minimum atomic E-state index is -0.656. The van der Waals surface area contributed by atoms with Crippen LogP contribution in [-0.2, 0) is 6.54 Å². The van der Waals surface area contributed by atoms with E-state index in [-0.39, 0.29) is 5.95 Å². The molecule has 0 radical (unpaired) electrons. The molecule has 1 fully saturated rings. The summed E-state index contributed by atoms with van der Waals surface area (Å²) in [5, 5.41) is 10.7. The van der Waals surface area contributed by atoms with Crippen LogP contribution in [0, 0.1) is 10.1 Å². The van der Waals surface area contributed by atoms with Gasteiger partial charge in [-0.05, 0) is 24.2 Å². The van der Waals surface area contributed by atoms with Gasteiger partial charge in [0.25, 0.3) is 0 Å². The molecule has 0 saturated carbocycles. The van der Waals surface area contributed by atoms with E-state index >= 15 is 0 Å². The van der Waals surface area contributed by atoms with Crippen LogP contribution in [0.5, 0.6) is 0 Å². The number of halogens is 1. The van der Waals surface area contributed by atoms with Crippen LogP contribution in [0.15, 0.2) is 12.4 Å². The standard InChI is InChI=1S/C11H17FN4O2/c12-10-2-7-14(8-3-10)5-1-6-15-9-4-13-11(15)16(17)18/h4,9-10H,1-3,5-8H2. The minimum Gasteiger partial charge on any atom is -0.390 e. The van der Waals surface area contributed by atoms with Gasteiger partial charge >= 0.3 is 5.95 Å². The van der Waals surface area contributed by atoms with E-state index in [2.05, 4.69) is 9.88 Å². The summed E-state index contributed by atoms with van der Waals surface area (Å²) in [7, 11) is 0. The van der Waals surface area contributed by atoms with Crippen molar-refractivity contribution in [1.29, 1.82) is 0 Å². The monoisotopic (exact) mass is 256 g/mol. The average molecular weight is 256 g/mol. The molecule has 0 aliphatic carbocycles. The number of hydrogen-bond donors (Lipinski definition) is 0. The Morgan fingerprint density at radius 1 is 1.44 bits per heavy atom. The molecule has 0 unspecified atom stereocenters. The zero-order chi connectivity index (χ0) is 13.0. The van der Waals surface area contributed by atoms with Crippen molar-refractivity contribution >= 4 is 5.95 Å². The number of piperidine rings is 1. The molecule has 18 heavy (non-hydrogen) atoms. The molecule has 0 spiro atoms. The Hall–Kier alpha value is -1.50. The molecule has 0 amide bonds. The van der Waals surface area contributed by atoms with Gasteiger partial charge in [0.15, 0.2) is 0 Å². The Labute approximate surface area is 105 Å². The number of nitrogens with zero attached hydrogens (tertiary/aromatic N) is 4. The second kappa shape index (κ2) is 5.90. The number of nitro groups is 1. The molecule has 1 aromatic heterocycles. The van der Waals surface area contributed by atoms with Crippen molar-refractivity contribution in [2.75, 3.05) is 19.6 Å². The Morgan fingerprint density at radius 3 is 2.83 bits per heavy atom. The van der Waals surface area contributed by atoms with Gasteiger partial charge in [-0.1, -0.05) is 4.98 Å². The van der Waals surface area contributed by atoms with Crippen LogP contribution >= 0.6 is 0 Å². The fourth-order valence-electron chi connectivity index (χ4n) is 2.24. The summed E-state index contributed by atoms with van der Waals surface area (Å²) < 4.78 is 14.5. The quantitative estimate of drug-likeness (QED) is 0.593. The van der Waals surface area contributed by atoms with Gasteiger partial charge in [-0.2, -0.15) is 0 Å². The molecule has 2 heterocycles. The van der Waals surface area contributed by atoms with Crippen molar-refractivity contribution in [3.63, 3.8) is 0 Å². The molecule has 100 valence electrons. The van der Waals surface area contributed by atoms with Gasteiger partial charge in [-0.15, -0.1) is 0 Å². The fraction of sp³-hybridized carbons (Fsp3) is 0.727. The van der Waals surface area contributed by atoms with Crippen LogP contribution in [0.3, 0.4) is 0 Å². The molecule has 0 aromatic carbocycles. The van der Waals surface area contributed by atoms with E-state index < -0.39 is 11.1 Å². The normalized spacial score (nSPS) is 18.1. The van der Waals surface area contributed by atoms with Gasteiger partial charge in [0.1, 0.15) is 18.6 Å². The first-order valence-corrected chi connectivity index (χ1v) is 6.19. The summed E-state index contributed by atoms with van der Waals surface area (Å²) in [4.78, 5) is 16.1. The van der Waals surface area contributed by atoms with Crippen molar-refractivity contribution < 1.29 is 9.31 Å². The number of imidazole rings is 1. The van der Waals surface area contributed by atoms with Crippen molar-refractivity contribution in [3.8, 4) is 0 Å². The highest BCUT2D eigenvalue weighted by Crippen LogP contribution is 2.14. The lowest BCUT2D eigenvalue weighted by atomic mass is 10.1. The first-order chi connectivity index (χ1) is 8.66. The summed E-state index contributed by atoms with van der Waals surface area (Å²) in [5.41, 5.74) is 0. The topological polar surface area (TPSA) is 64.2 Å². The van der Waals surface area contributed by atoms with Gasteiger partial charge in [0.05, 0.1) is 6.54 Å². The number of aryl methyl sites for hydroxylation is 1. The fourth-order valence-corrected chi connectivity index (χ4v) is 2.24. The highest BCUT2D eigenvalue weighted by molar-refractivity contribution is 5.06. The molecule has 6 nitrogen and oxygen atoms in total. The molecular formula is C11H17FN4O2. The molecule has 1 aromatic rings. The predicted octanol–water partition coefficient (Wildman–Crippen LogP) is 1.62. The third kappa shape index (κ3) is 3.25. The molecular weight excluding hydrogens is 239 g/mol. The molecule has 7 heteroatoms. The number of aromatic nitrogens is 2. The smallest absolute Gasteiger partial charge is 0.390 e. The summed E-state index contributed by atoms with van der Waals surface area (Å²) in [6, 6.07) is 0. The maximum atomic E-state index is 12.9. The van der Waals surface area contributed by atoms with Crippen molar-refractivity contribution in [1.82, 2.24) is 14.5 Å². The first kappa shape index (κ1) is 12.9. The Bertz CT molecular complexity index is 402. The van der Waals surface area contributed by atoms with Crippen LogP contribution < -0.4 is 0 Å². The molecule has 0 bridgehead atoms. The lowest BCUT2D eigenvalue weighted by molar-refractivity contribution is -0.396. The van der Waals surface area contributed by atoms with Crippen molar-refractivity contribution in [3.05, 3.63) is 22.5 Å². The van der Waals surface area contributed by atoms with E-state index in [1.807, 2.05) is 0 Å². The van der Waals surface area contributed by atoms with Crippen molar-refractivity contribution in [2.24, 2.45) is 0 Å². The van der Waals surface area contributed by atoms with E-state index in [1.54, 1.807) is 10.8 Å². The third-order valence-corrected chi connectivity index (χ3v) is 3.25. The van der Waals surface area contributed by atoms with Crippen molar-refractivity contribution in [2.45, 2.75) is 32.0 Å². The maximum Gasteiger partial charge on any atom is 0.434 e. The highest BCUT2D eigenvalue weighted by Gasteiger charge is 2.18. The van der Waals surface area contributed by atoms with Gasteiger partial charge in [0.2, 0.25) is 0 Å². The van der Waals surface area contributed by atoms with E-state index in [0.717, 1.165) is 26.1 Å². The van der Waals surface area contributed by atoms with Gasteiger partial charge in [-0.3, -0.25) is 0 Å². The SMILES string of the molecule is O=[N+]([O-])c1nccn1CCCN1CCC(F)CC1. The second-order valence-corrected chi connectivity index (χ2v) is 4.55. The summed E-state index contributed by atoms with van der Waals surface area (Å²) in [6.45, 7) is 2.99. The van der Waals surface area contributed by atoms with Gasteiger partial charge in [0, 0.05) is 19.6 Å². The highest BCUT2D eigenvalue weighted by atomic mass is 19.1. The lowest BCUT2D eigenvalue weighted by Gasteiger charge is -2.28. The van der Waals surface area contributed by atoms with Crippen LogP contribution in [0.2, 0.25) is 0 Å². The van der Waals surface area contributed by atoms with Gasteiger partial charge < -0.3 is 15.0 Å². The molecule has 1 aliphatic heterocycles. The molecule has 1 aliphatic rings. The summed E-state index contributed by atoms with van der Waals surface area (Å²) >= 11 is 0. The van der Waals surface area contributed by atoms with Gasteiger partial charge in [-0.25, -0.2) is 8.96 Å². The number of hydrogen-bond acceptors (Lipinski definition) is 4. The lowest BCUT2D eigenvalue weighted by Crippen LogP contribution is -2.35. The minimum absolute atomic E-state index is 0.113. The Morgan fingerprint density at radius 2 is 2.17 bits per heavy atom. The van der Waals surface area contributed by atoms with E-state index in [4.69, 9.17) is 0 Å². The largest absolute Gasteiger partial charge is 0.434 e. The zero-order valence-corrected chi connectivity index (χ0v) is 10.2. The molecule has 0 N–H and O–H groups in total. The zero-order valence-electron chi connectivity index (χ0n) is 10.2. The third-order valence-electron chi connectivity index (χ3n) is 3.25. The molecule has 1 saturated heterocycles. The number of rotatable bonds is 5. The second-order valence-electron chi connectivity index (χ2n) is 4.55. The van der Waals surface area contributed by atoms with E-state index in [9.17, 15) is 14.5 Å². The number of alkyl halides is 1. The summed E-state index contributed by atoms with van der Waals surface area (Å²) in [5.74, 6) is -0.113. The predicted molar refractivity (Wildman–Crippen MR) is 64.1 cm³/mol. The van der Waals surface area contributed by atoms with Crippen LogP contribution in [-0.4, -0.2) is 45.2 Å². The van der Waals surface area contributed by atoms with Crippen LogP contribution in [0.25, 0.3) is 0 Å². The Balaban J connectivity index is 1.75. The average Bonchev–Trinajstić information content (AvgIpc) is 2.80. The van der Waals surface area contributed by atoms with E-state index in [0.29, 0.717) is 19.4 Å². The summed E-state index contributed by atoms with van der Waals surface area (Å²) in [6.07, 6.45) is 4.42. The number of likely N-dealkylation sites (tertiary alicyclic amines) is 1. The Kier molecular flexibility index (Phi) is 4.24. The maximum absolute atomic E-state index is 12.9. The van der Waals surface area contributed by atoms with Crippen LogP contribution in [0.4, 0.5) is 10.3 Å². The van der Waals surface area contributed by atoms with Crippen LogP contribution in [0.1, 0.15) is 19.3 Å². The first-order valence-electron chi connectivity index (χ1n) is 6.19. The molecule has 2 rings (SSSR count). The molecule has 0 atom stereocenters. The van der Waals surface area contributed by atoms with E-state index in [1.165, 1.54) is 6.20 Å².